The van der Waals surface area contributed by atoms with Crippen molar-refractivity contribution in [1.82, 2.24) is 0 Å². The van der Waals surface area contributed by atoms with Gasteiger partial charge in [-0.3, -0.25) is 10.1 Å². The molecule has 1 aliphatic heterocycles. The van der Waals surface area contributed by atoms with E-state index in [4.69, 9.17) is 18.9 Å². The summed E-state index contributed by atoms with van der Waals surface area (Å²) in [6.45, 7) is 0.287. The van der Waals surface area contributed by atoms with Crippen LogP contribution in [0.25, 0.3) is 0 Å². The highest BCUT2D eigenvalue weighted by atomic mass is 16.7. The van der Waals surface area contributed by atoms with E-state index in [9.17, 15) is 14.9 Å². The summed E-state index contributed by atoms with van der Waals surface area (Å²) in [5.41, 5.74) is -0.0753. The van der Waals surface area contributed by atoms with Crippen LogP contribution in [-0.2, 0) is 14.2 Å². The van der Waals surface area contributed by atoms with Crippen LogP contribution in [0.1, 0.15) is 12.8 Å². The summed E-state index contributed by atoms with van der Waals surface area (Å²) in [5, 5.41) is 10.5. The summed E-state index contributed by atoms with van der Waals surface area (Å²) in [6, 6.07) is 5.19. The molecule has 2 fully saturated rings. The van der Waals surface area contributed by atoms with Gasteiger partial charge in [-0.15, -0.1) is 0 Å². The lowest BCUT2D eigenvalue weighted by Crippen LogP contribution is -2.20. The summed E-state index contributed by atoms with van der Waals surface area (Å²) in [6.07, 6.45) is -0.0240. The number of carbonyl (C=O) groups excluding carboxylic acids is 1. The molecule has 0 bridgehead atoms. The van der Waals surface area contributed by atoms with E-state index in [-0.39, 0.29) is 36.5 Å². The Labute approximate surface area is 119 Å². The molecule has 0 unspecified atom stereocenters. The molecule has 3 atom stereocenters. The molecule has 21 heavy (non-hydrogen) atoms. The zero-order valence-corrected chi connectivity index (χ0v) is 11.0. The standard InChI is InChI=1S/C13H13NO7/c15-13(20-9-3-1-8(2-4-9)14(16)17)21-10-5-11-12(6-10)19-7-18-11/h1-4,10-12H,5-7H2/t10-,11+,12-. The summed E-state index contributed by atoms with van der Waals surface area (Å²) in [7, 11) is 0. The van der Waals surface area contributed by atoms with Crippen molar-refractivity contribution in [2.75, 3.05) is 6.79 Å². The maximum Gasteiger partial charge on any atom is 0.514 e. The first-order chi connectivity index (χ1) is 10.1. The number of hydrogen-bond acceptors (Lipinski definition) is 7. The molecule has 1 aliphatic carbocycles. The molecule has 0 amide bonds. The lowest BCUT2D eigenvalue weighted by Gasteiger charge is -2.12. The van der Waals surface area contributed by atoms with Crippen molar-refractivity contribution in [3.05, 3.63) is 34.4 Å². The van der Waals surface area contributed by atoms with Gasteiger partial charge >= 0.3 is 6.16 Å². The van der Waals surface area contributed by atoms with Crippen molar-refractivity contribution in [2.24, 2.45) is 0 Å². The van der Waals surface area contributed by atoms with Crippen LogP contribution in [0.3, 0.4) is 0 Å². The van der Waals surface area contributed by atoms with Crippen LogP contribution in [0.5, 0.6) is 5.75 Å². The van der Waals surface area contributed by atoms with Gasteiger partial charge in [0, 0.05) is 25.0 Å². The number of carbonyl (C=O) groups is 1. The molecule has 0 N–H and O–H groups in total. The van der Waals surface area contributed by atoms with E-state index in [0.717, 1.165) is 0 Å². The number of nitro benzene ring substituents is 1. The summed E-state index contributed by atoms with van der Waals surface area (Å²) < 4.78 is 20.8. The van der Waals surface area contributed by atoms with Crippen LogP contribution in [0.15, 0.2) is 24.3 Å². The van der Waals surface area contributed by atoms with Crippen molar-refractivity contribution in [1.29, 1.82) is 0 Å². The fourth-order valence-electron chi connectivity index (χ4n) is 2.47. The van der Waals surface area contributed by atoms with E-state index >= 15 is 0 Å². The van der Waals surface area contributed by atoms with Crippen LogP contribution in [0.2, 0.25) is 0 Å². The summed E-state index contributed by atoms with van der Waals surface area (Å²) >= 11 is 0. The SMILES string of the molecule is O=C(Oc1ccc([N+](=O)[O-])cc1)O[C@@H]1C[C@@H]2OCO[C@@H]2C1. The Hall–Kier alpha value is -2.19. The highest BCUT2D eigenvalue weighted by molar-refractivity contribution is 5.64. The third-order valence-corrected chi connectivity index (χ3v) is 3.48. The first-order valence-corrected chi connectivity index (χ1v) is 6.48. The highest BCUT2D eigenvalue weighted by Gasteiger charge is 2.41. The fraction of sp³-hybridized carbons (Fsp3) is 0.462. The Bertz CT molecular complexity index is 532. The van der Waals surface area contributed by atoms with Gasteiger partial charge in [0.2, 0.25) is 0 Å². The molecule has 0 spiro atoms. The number of hydrogen-bond donors (Lipinski definition) is 0. The molecule has 1 saturated carbocycles. The Morgan fingerprint density at radius 2 is 1.81 bits per heavy atom. The second kappa shape index (κ2) is 5.66. The number of nitrogens with zero attached hydrogens (tertiary/aromatic N) is 1. The minimum absolute atomic E-state index is 0.0258. The quantitative estimate of drug-likeness (QED) is 0.364. The molecule has 3 rings (SSSR count). The minimum atomic E-state index is -0.839. The summed E-state index contributed by atoms with van der Waals surface area (Å²) in [4.78, 5) is 21.6. The first-order valence-electron chi connectivity index (χ1n) is 6.48. The molecular weight excluding hydrogens is 282 g/mol. The zero-order chi connectivity index (χ0) is 14.8. The van der Waals surface area contributed by atoms with Gasteiger partial charge in [0.05, 0.1) is 17.1 Å². The van der Waals surface area contributed by atoms with Crippen molar-refractivity contribution < 1.29 is 28.7 Å². The Morgan fingerprint density at radius 3 is 2.38 bits per heavy atom. The largest absolute Gasteiger partial charge is 0.514 e. The van der Waals surface area contributed by atoms with E-state index in [1.54, 1.807) is 0 Å². The molecule has 2 aliphatic rings. The van der Waals surface area contributed by atoms with Gasteiger partial charge in [0.15, 0.2) is 0 Å². The van der Waals surface area contributed by atoms with Gasteiger partial charge in [0.25, 0.3) is 5.69 Å². The van der Waals surface area contributed by atoms with Crippen molar-refractivity contribution in [2.45, 2.75) is 31.2 Å². The Kier molecular flexibility index (Phi) is 3.72. The summed E-state index contributed by atoms with van der Waals surface area (Å²) in [5.74, 6) is 0.191. The molecule has 1 aromatic rings. The maximum absolute atomic E-state index is 11.6. The van der Waals surface area contributed by atoms with Crippen LogP contribution >= 0.6 is 0 Å². The number of non-ortho nitro benzene ring substituents is 1. The van der Waals surface area contributed by atoms with Gasteiger partial charge in [-0.25, -0.2) is 4.79 Å². The molecule has 0 radical (unpaired) electrons. The van der Waals surface area contributed by atoms with Crippen molar-refractivity contribution in [3.63, 3.8) is 0 Å². The van der Waals surface area contributed by atoms with Gasteiger partial charge in [-0.05, 0) is 12.1 Å². The lowest BCUT2D eigenvalue weighted by molar-refractivity contribution is -0.384. The first kappa shape index (κ1) is 13.8. The topological polar surface area (TPSA) is 97.1 Å². The van der Waals surface area contributed by atoms with Crippen LogP contribution in [0.4, 0.5) is 10.5 Å². The Balaban J connectivity index is 1.51. The molecule has 1 aromatic carbocycles. The van der Waals surface area contributed by atoms with Gasteiger partial charge in [-0.2, -0.15) is 0 Å². The fourth-order valence-corrected chi connectivity index (χ4v) is 2.47. The van der Waals surface area contributed by atoms with Crippen LogP contribution in [0, 0.1) is 10.1 Å². The molecule has 1 heterocycles. The van der Waals surface area contributed by atoms with E-state index in [1.165, 1.54) is 24.3 Å². The van der Waals surface area contributed by atoms with Gasteiger partial charge in [0.1, 0.15) is 18.6 Å². The number of ether oxygens (including phenoxy) is 4. The van der Waals surface area contributed by atoms with Gasteiger partial charge < -0.3 is 18.9 Å². The van der Waals surface area contributed by atoms with Crippen LogP contribution < -0.4 is 4.74 Å². The van der Waals surface area contributed by atoms with Crippen LogP contribution in [-0.4, -0.2) is 36.2 Å². The third-order valence-electron chi connectivity index (χ3n) is 3.48. The number of benzene rings is 1. The monoisotopic (exact) mass is 295 g/mol. The van der Waals surface area contributed by atoms with E-state index in [2.05, 4.69) is 0 Å². The molecule has 8 nitrogen and oxygen atoms in total. The van der Waals surface area contributed by atoms with E-state index in [1.807, 2.05) is 0 Å². The average molecular weight is 295 g/mol. The smallest absolute Gasteiger partial charge is 0.430 e. The predicted molar refractivity (Wildman–Crippen MR) is 67.8 cm³/mol. The Morgan fingerprint density at radius 1 is 1.19 bits per heavy atom. The molecule has 112 valence electrons. The average Bonchev–Trinajstić information content (AvgIpc) is 3.00. The predicted octanol–water partition coefficient (Wildman–Crippen LogP) is 2.01. The lowest BCUT2D eigenvalue weighted by atomic mass is 10.3. The van der Waals surface area contributed by atoms with E-state index in [0.29, 0.717) is 12.8 Å². The van der Waals surface area contributed by atoms with E-state index < -0.39 is 11.1 Å². The normalized spacial score (nSPS) is 27.1. The third kappa shape index (κ3) is 3.11. The van der Waals surface area contributed by atoms with Crippen molar-refractivity contribution in [3.8, 4) is 5.75 Å². The second-order valence-electron chi connectivity index (χ2n) is 4.84. The number of fused-ring (bicyclic) bond motifs is 1. The molecular formula is C13H13NO7. The minimum Gasteiger partial charge on any atom is -0.430 e. The maximum atomic E-state index is 11.6. The number of nitro groups is 1. The van der Waals surface area contributed by atoms with Gasteiger partial charge in [-0.1, -0.05) is 0 Å². The second-order valence-corrected chi connectivity index (χ2v) is 4.84. The number of rotatable bonds is 3. The molecule has 8 heteroatoms. The molecule has 0 aromatic heterocycles. The molecule has 1 saturated heterocycles. The van der Waals surface area contributed by atoms with Crippen molar-refractivity contribution >= 4 is 11.8 Å². The zero-order valence-electron chi connectivity index (χ0n) is 11.0. The highest BCUT2D eigenvalue weighted by Crippen LogP contribution is 2.32.